The van der Waals surface area contributed by atoms with Crippen LogP contribution >= 0.6 is 0 Å². The molecule has 1 amide bonds. The Balaban J connectivity index is 2.22. The zero-order valence-corrected chi connectivity index (χ0v) is 11.4. The largest absolute Gasteiger partial charge is 0.479 e. The first kappa shape index (κ1) is 14.1. The number of aryl methyl sites for hydroxylation is 1. The van der Waals surface area contributed by atoms with Crippen molar-refractivity contribution in [2.75, 3.05) is 18.4 Å². The van der Waals surface area contributed by atoms with Gasteiger partial charge in [0.1, 0.15) is 0 Å². The van der Waals surface area contributed by atoms with E-state index in [4.69, 9.17) is 0 Å². The van der Waals surface area contributed by atoms with Gasteiger partial charge < -0.3 is 15.3 Å². The third-order valence-electron chi connectivity index (χ3n) is 3.57. The predicted octanol–water partition coefficient (Wildman–Crippen LogP) is 1.65. The van der Waals surface area contributed by atoms with Crippen molar-refractivity contribution in [2.24, 2.45) is 0 Å². The van der Waals surface area contributed by atoms with Gasteiger partial charge in [-0.05, 0) is 30.7 Å². The van der Waals surface area contributed by atoms with Crippen molar-refractivity contribution >= 4 is 17.6 Å². The number of nitrogens with zero attached hydrogens (tertiary/aromatic N) is 1. The molecule has 0 aromatic heterocycles. The molecule has 1 unspecified atom stereocenters. The summed E-state index contributed by atoms with van der Waals surface area (Å²) < 4.78 is 0. The lowest BCUT2D eigenvalue weighted by atomic mass is 9.98. The molecule has 1 aromatic rings. The van der Waals surface area contributed by atoms with Crippen LogP contribution in [0, 0.1) is 6.92 Å². The van der Waals surface area contributed by atoms with Crippen LogP contribution in [0.15, 0.2) is 36.9 Å². The molecule has 5 nitrogen and oxygen atoms in total. The minimum absolute atomic E-state index is 0.140. The summed E-state index contributed by atoms with van der Waals surface area (Å²) in [4.78, 5) is 24.8. The molecule has 0 radical (unpaired) electrons. The molecule has 1 fully saturated rings. The summed E-state index contributed by atoms with van der Waals surface area (Å²) in [5, 5.41) is 12.6. The van der Waals surface area contributed by atoms with Crippen LogP contribution < -0.4 is 5.32 Å². The Bertz CT molecular complexity index is 556. The van der Waals surface area contributed by atoms with Crippen molar-refractivity contribution in [3.05, 3.63) is 42.5 Å². The molecule has 0 aliphatic carbocycles. The number of carbonyl (C=O) groups is 2. The number of rotatable bonds is 4. The molecule has 1 heterocycles. The molecule has 20 heavy (non-hydrogen) atoms. The van der Waals surface area contributed by atoms with E-state index >= 15 is 0 Å². The van der Waals surface area contributed by atoms with E-state index in [0.29, 0.717) is 13.0 Å². The molecule has 1 saturated heterocycles. The first-order valence-corrected chi connectivity index (χ1v) is 6.46. The van der Waals surface area contributed by atoms with Crippen molar-refractivity contribution in [2.45, 2.75) is 18.9 Å². The molecule has 106 valence electrons. The van der Waals surface area contributed by atoms with Gasteiger partial charge in [0.15, 0.2) is 5.54 Å². The molecule has 1 aliphatic heterocycles. The highest BCUT2D eigenvalue weighted by Crippen LogP contribution is 2.27. The Morgan fingerprint density at radius 1 is 1.50 bits per heavy atom. The zero-order valence-electron chi connectivity index (χ0n) is 11.4. The lowest BCUT2D eigenvalue weighted by molar-refractivity contribution is -0.142. The van der Waals surface area contributed by atoms with E-state index in [1.807, 2.05) is 31.2 Å². The average Bonchev–Trinajstić information content (AvgIpc) is 2.83. The summed E-state index contributed by atoms with van der Waals surface area (Å²) in [5.41, 5.74) is 0.666. The second-order valence-corrected chi connectivity index (χ2v) is 5.10. The van der Waals surface area contributed by atoms with Gasteiger partial charge in [0.05, 0.1) is 6.54 Å². The van der Waals surface area contributed by atoms with Gasteiger partial charge in [0.25, 0.3) is 0 Å². The summed E-state index contributed by atoms with van der Waals surface area (Å²) in [6.07, 6.45) is 1.58. The van der Waals surface area contributed by atoms with Crippen molar-refractivity contribution in [3.8, 4) is 0 Å². The first-order chi connectivity index (χ1) is 9.47. The maximum absolute atomic E-state index is 11.6. The first-order valence-electron chi connectivity index (χ1n) is 6.46. The summed E-state index contributed by atoms with van der Waals surface area (Å²) in [5.74, 6) is -1.18. The van der Waals surface area contributed by atoms with Crippen LogP contribution in [0.4, 0.5) is 5.69 Å². The number of carboxylic acids is 1. The van der Waals surface area contributed by atoms with E-state index in [9.17, 15) is 14.7 Å². The maximum Gasteiger partial charge on any atom is 0.331 e. The molecule has 0 saturated carbocycles. The number of hydrogen-bond donors (Lipinski definition) is 2. The van der Waals surface area contributed by atoms with E-state index in [0.717, 1.165) is 11.3 Å². The standard InChI is InChI=1S/C15H18N2O3/c1-3-13(18)17-8-7-15(10-17,14(19)20)16-12-6-4-5-11(2)9-12/h3-6,9,16H,1,7-8,10H2,2H3,(H,19,20). The Kier molecular flexibility index (Phi) is 3.79. The SMILES string of the molecule is C=CC(=O)N1CCC(Nc2cccc(C)c2)(C(=O)O)C1. The van der Waals surface area contributed by atoms with Crippen LogP contribution in [0.1, 0.15) is 12.0 Å². The van der Waals surface area contributed by atoms with Crippen molar-refractivity contribution in [3.63, 3.8) is 0 Å². The molecule has 2 rings (SSSR count). The van der Waals surface area contributed by atoms with Gasteiger partial charge in [-0.15, -0.1) is 0 Å². The van der Waals surface area contributed by atoms with Crippen molar-refractivity contribution < 1.29 is 14.7 Å². The van der Waals surface area contributed by atoms with Gasteiger partial charge >= 0.3 is 5.97 Å². The highest BCUT2D eigenvalue weighted by atomic mass is 16.4. The van der Waals surface area contributed by atoms with Crippen LogP contribution in [0.5, 0.6) is 0 Å². The number of carbonyl (C=O) groups excluding carboxylic acids is 1. The number of carboxylic acid groups (broad SMARTS) is 1. The maximum atomic E-state index is 11.6. The number of aliphatic carboxylic acids is 1. The fourth-order valence-corrected chi connectivity index (χ4v) is 2.46. The Morgan fingerprint density at radius 3 is 2.85 bits per heavy atom. The van der Waals surface area contributed by atoms with E-state index in [1.165, 1.54) is 11.0 Å². The van der Waals surface area contributed by atoms with Gasteiger partial charge in [-0.3, -0.25) is 4.79 Å². The smallest absolute Gasteiger partial charge is 0.331 e. The van der Waals surface area contributed by atoms with Crippen LogP contribution in [-0.2, 0) is 9.59 Å². The number of hydrogen-bond acceptors (Lipinski definition) is 3. The van der Waals surface area contributed by atoms with Gasteiger partial charge in [-0.25, -0.2) is 4.79 Å². The molecule has 0 bridgehead atoms. The third kappa shape index (κ3) is 2.66. The number of nitrogens with one attached hydrogen (secondary N) is 1. The Morgan fingerprint density at radius 2 is 2.25 bits per heavy atom. The molecule has 1 aromatic carbocycles. The lowest BCUT2D eigenvalue weighted by Gasteiger charge is -2.27. The fourth-order valence-electron chi connectivity index (χ4n) is 2.46. The number of anilines is 1. The molecule has 1 aliphatic rings. The monoisotopic (exact) mass is 274 g/mol. The number of benzene rings is 1. The summed E-state index contributed by atoms with van der Waals surface area (Å²) in [7, 11) is 0. The number of likely N-dealkylation sites (tertiary alicyclic amines) is 1. The van der Waals surface area contributed by atoms with Crippen LogP contribution in [0.2, 0.25) is 0 Å². The van der Waals surface area contributed by atoms with Crippen LogP contribution in [-0.4, -0.2) is 40.5 Å². The topological polar surface area (TPSA) is 69.6 Å². The molecular weight excluding hydrogens is 256 g/mol. The fraction of sp³-hybridized carbons (Fsp3) is 0.333. The summed E-state index contributed by atoms with van der Waals surface area (Å²) in [6, 6.07) is 7.54. The minimum Gasteiger partial charge on any atom is -0.479 e. The summed E-state index contributed by atoms with van der Waals surface area (Å²) in [6.45, 7) is 5.93. The molecule has 5 heteroatoms. The second kappa shape index (κ2) is 5.36. The van der Waals surface area contributed by atoms with E-state index in [-0.39, 0.29) is 12.5 Å². The third-order valence-corrected chi connectivity index (χ3v) is 3.57. The molecule has 2 N–H and O–H groups in total. The average molecular weight is 274 g/mol. The zero-order chi connectivity index (χ0) is 14.8. The lowest BCUT2D eigenvalue weighted by Crippen LogP contribution is -2.49. The summed E-state index contributed by atoms with van der Waals surface area (Å²) >= 11 is 0. The Hall–Kier alpha value is -2.30. The quantitative estimate of drug-likeness (QED) is 0.819. The second-order valence-electron chi connectivity index (χ2n) is 5.10. The van der Waals surface area contributed by atoms with Crippen LogP contribution in [0.25, 0.3) is 0 Å². The van der Waals surface area contributed by atoms with E-state index < -0.39 is 11.5 Å². The minimum atomic E-state index is -1.13. The van der Waals surface area contributed by atoms with Crippen molar-refractivity contribution in [1.82, 2.24) is 4.90 Å². The van der Waals surface area contributed by atoms with Gasteiger partial charge in [-0.1, -0.05) is 18.7 Å². The number of amides is 1. The van der Waals surface area contributed by atoms with Crippen molar-refractivity contribution in [1.29, 1.82) is 0 Å². The normalized spacial score (nSPS) is 21.6. The molecule has 1 atom stereocenters. The molecule has 0 spiro atoms. The highest BCUT2D eigenvalue weighted by Gasteiger charge is 2.46. The molecular formula is C15H18N2O3. The van der Waals surface area contributed by atoms with E-state index in [1.54, 1.807) is 0 Å². The van der Waals surface area contributed by atoms with Gasteiger partial charge in [0, 0.05) is 18.7 Å². The van der Waals surface area contributed by atoms with Gasteiger partial charge in [-0.2, -0.15) is 0 Å². The Labute approximate surface area is 117 Å². The highest BCUT2D eigenvalue weighted by molar-refractivity contribution is 5.90. The van der Waals surface area contributed by atoms with E-state index in [2.05, 4.69) is 11.9 Å². The van der Waals surface area contributed by atoms with Gasteiger partial charge in [0.2, 0.25) is 5.91 Å². The predicted molar refractivity (Wildman–Crippen MR) is 76.6 cm³/mol. The van der Waals surface area contributed by atoms with Crippen LogP contribution in [0.3, 0.4) is 0 Å².